The highest BCUT2D eigenvalue weighted by atomic mass is 16.2. The van der Waals surface area contributed by atoms with Crippen molar-refractivity contribution in [2.24, 2.45) is 5.41 Å². The normalized spacial score (nSPS) is 19.8. The Morgan fingerprint density at radius 3 is 2.62 bits per heavy atom. The molecule has 1 aliphatic carbocycles. The lowest BCUT2D eigenvalue weighted by atomic mass is 9.60. The third-order valence-electron chi connectivity index (χ3n) is 5.54. The van der Waals surface area contributed by atoms with Crippen molar-refractivity contribution < 1.29 is 9.59 Å². The average molecular weight is 332 g/mol. The van der Waals surface area contributed by atoms with Gasteiger partial charge in [0, 0.05) is 51.5 Å². The minimum absolute atomic E-state index is 0.00761. The van der Waals surface area contributed by atoms with Gasteiger partial charge in [0.25, 0.3) is 0 Å². The number of hydrogen-bond donors (Lipinski definition) is 2. The van der Waals surface area contributed by atoms with Crippen molar-refractivity contribution in [3.63, 3.8) is 0 Å². The Morgan fingerprint density at radius 1 is 1.33 bits per heavy atom. The number of H-pyrrole nitrogens is 1. The van der Waals surface area contributed by atoms with Crippen LogP contribution in [-0.2, 0) is 11.2 Å². The molecule has 1 aliphatic heterocycles. The van der Waals surface area contributed by atoms with Gasteiger partial charge in [-0.15, -0.1) is 0 Å². The third kappa shape index (κ3) is 3.74. The van der Waals surface area contributed by atoms with Crippen LogP contribution in [0.4, 0.5) is 4.79 Å². The zero-order valence-corrected chi connectivity index (χ0v) is 14.7. The van der Waals surface area contributed by atoms with Crippen molar-refractivity contribution in [1.82, 2.24) is 20.1 Å². The molecule has 1 spiro atoms. The molecule has 1 aromatic heterocycles. The van der Waals surface area contributed by atoms with E-state index in [9.17, 15) is 9.59 Å². The second-order valence-electron chi connectivity index (χ2n) is 7.53. The maximum absolute atomic E-state index is 12.3. The summed E-state index contributed by atoms with van der Waals surface area (Å²) in [6, 6.07) is 4.28. The van der Waals surface area contributed by atoms with Gasteiger partial charge in [-0.05, 0) is 49.7 Å². The molecule has 2 heterocycles. The second kappa shape index (κ2) is 6.87. The van der Waals surface area contributed by atoms with Crippen LogP contribution in [0, 0.1) is 5.41 Å². The Bertz CT molecular complexity index is 566. The van der Waals surface area contributed by atoms with E-state index < -0.39 is 0 Å². The number of amides is 3. The van der Waals surface area contributed by atoms with Crippen molar-refractivity contribution in [3.8, 4) is 0 Å². The Kier molecular flexibility index (Phi) is 4.83. The van der Waals surface area contributed by atoms with Gasteiger partial charge in [0.05, 0.1) is 0 Å². The molecular weight excluding hydrogens is 304 g/mol. The quantitative estimate of drug-likeness (QED) is 0.885. The van der Waals surface area contributed by atoms with Crippen LogP contribution in [0.5, 0.6) is 0 Å². The lowest BCUT2D eigenvalue weighted by Gasteiger charge is -2.52. The maximum Gasteiger partial charge on any atom is 0.317 e. The molecule has 2 N–H and O–H groups in total. The molecule has 6 nitrogen and oxygen atoms in total. The van der Waals surface area contributed by atoms with Crippen molar-refractivity contribution in [1.29, 1.82) is 0 Å². The minimum Gasteiger partial charge on any atom is -0.365 e. The first-order valence-electron chi connectivity index (χ1n) is 8.85. The number of carbonyl (C=O) groups excluding carboxylic acids is 2. The molecule has 2 fully saturated rings. The van der Waals surface area contributed by atoms with E-state index in [1.54, 1.807) is 19.0 Å². The summed E-state index contributed by atoms with van der Waals surface area (Å²) in [5.74, 6) is 0.260. The van der Waals surface area contributed by atoms with E-state index >= 15 is 0 Å². The lowest BCUT2D eigenvalue weighted by Crippen LogP contribution is -2.56. The number of likely N-dealkylation sites (tertiary alicyclic amines) is 1. The highest BCUT2D eigenvalue weighted by molar-refractivity contribution is 5.76. The van der Waals surface area contributed by atoms with Crippen LogP contribution >= 0.6 is 0 Å². The molecule has 1 saturated heterocycles. The number of aromatic amines is 1. The van der Waals surface area contributed by atoms with Gasteiger partial charge in [-0.1, -0.05) is 0 Å². The van der Waals surface area contributed by atoms with Gasteiger partial charge in [0.2, 0.25) is 5.91 Å². The standard InChI is InChI=1S/C18H28N4O2/c1-21(2)17(24)20-15-12-18(13-15)7-10-22(11-8-18)16(23)6-5-14-4-3-9-19-14/h3-4,9,15,19H,5-8,10-13H2,1-2H3,(H,20,24). The van der Waals surface area contributed by atoms with E-state index in [2.05, 4.69) is 10.3 Å². The molecule has 132 valence electrons. The highest BCUT2D eigenvalue weighted by Crippen LogP contribution is 2.49. The highest BCUT2D eigenvalue weighted by Gasteiger charge is 2.46. The molecule has 6 heteroatoms. The molecule has 0 atom stereocenters. The van der Waals surface area contributed by atoms with Crippen LogP contribution < -0.4 is 5.32 Å². The fourth-order valence-corrected chi connectivity index (χ4v) is 3.95. The molecule has 3 rings (SSSR count). The Hall–Kier alpha value is -1.98. The van der Waals surface area contributed by atoms with Crippen LogP contribution in [0.1, 0.15) is 37.8 Å². The Labute approximate surface area is 143 Å². The number of carbonyl (C=O) groups is 2. The molecule has 0 aromatic carbocycles. The van der Waals surface area contributed by atoms with Crippen molar-refractivity contribution in [2.45, 2.75) is 44.6 Å². The molecule has 0 radical (unpaired) electrons. The molecule has 0 unspecified atom stereocenters. The number of hydrogen-bond acceptors (Lipinski definition) is 2. The van der Waals surface area contributed by atoms with Gasteiger partial charge in [-0.3, -0.25) is 4.79 Å². The van der Waals surface area contributed by atoms with Crippen LogP contribution in [-0.4, -0.2) is 59.9 Å². The predicted molar refractivity (Wildman–Crippen MR) is 92.6 cm³/mol. The Morgan fingerprint density at radius 2 is 2.04 bits per heavy atom. The van der Waals surface area contributed by atoms with Gasteiger partial charge in [-0.2, -0.15) is 0 Å². The van der Waals surface area contributed by atoms with Crippen LogP contribution in [0.3, 0.4) is 0 Å². The van der Waals surface area contributed by atoms with Crippen molar-refractivity contribution >= 4 is 11.9 Å². The first kappa shape index (κ1) is 16.9. The number of nitrogens with one attached hydrogen (secondary N) is 2. The van der Waals surface area contributed by atoms with E-state index in [0.717, 1.165) is 50.9 Å². The van der Waals surface area contributed by atoms with Crippen molar-refractivity contribution in [3.05, 3.63) is 24.0 Å². The van der Waals surface area contributed by atoms with Gasteiger partial charge in [0.15, 0.2) is 0 Å². The van der Waals surface area contributed by atoms with E-state index in [-0.39, 0.29) is 11.9 Å². The van der Waals surface area contributed by atoms with Gasteiger partial charge < -0.3 is 20.1 Å². The van der Waals surface area contributed by atoms with E-state index in [1.165, 1.54) is 0 Å². The van der Waals surface area contributed by atoms with Crippen LogP contribution in [0.15, 0.2) is 18.3 Å². The molecule has 1 saturated carbocycles. The zero-order valence-electron chi connectivity index (χ0n) is 14.7. The van der Waals surface area contributed by atoms with Crippen LogP contribution in [0.2, 0.25) is 0 Å². The summed E-state index contributed by atoms with van der Waals surface area (Å²) in [6.45, 7) is 1.72. The number of urea groups is 1. The lowest BCUT2D eigenvalue weighted by molar-refractivity contribution is -0.134. The average Bonchev–Trinajstić information content (AvgIpc) is 3.05. The van der Waals surface area contributed by atoms with Gasteiger partial charge >= 0.3 is 6.03 Å². The summed E-state index contributed by atoms with van der Waals surface area (Å²) in [5, 5.41) is 3.06. The summed E-state index contributed by atoms with van der Waals surface area (Å²) in [6.07, 6.45) is 7.49. The number of rotatable bonds is 4. The number of nitrogens with zero attached hydrogens (tertiary/aromatic N) is 2. The molecule has 24 heavy (non-hydrogen) atoms. The SMILES string of the molecule is CN(C)C(=O)NC1CC2(CCN(C(=O)CCc3ccc[nH]3)CC2)C1. The van der Waals surface area contributed by atoms with Crippen molar-refractivity contribution in [2.75, 3.05) is 27.2 Å². The Balaban J connectivity index is 1.39. The molecule has 0 bridgehead atoms. The second-order valence-corrected chi connectivity index (χ2v) is 7.53. The van der Waals surface area contributed by atoms with E-state index in [1.807, 2.05) is 23.2 Å². The molecule has 2 aliphatic rings. The summed E-state index contributed by atoms with van der Waals surface area (Å²) in [5.41, 5.74) is 1.47. The number of aryl methyl sites for hydroxylation is 1. The maximum atomic E-state index is 12.3. The predicted octanol–water partition coefficient (Wildman–Crippen LogP) is 1.99. The fourth-order valence-electron chi connectivity index (χ4n) is 3.95. The summed E-state index contributed by atoms with van der Waals surface area (Å²) < 4.78 is 0. The largest absolute Gasteiger partial charge is 0.365 e. The molecule has 3 amide bonds. The first-order valence-corrected chi connectivity index (χ1v) is 8.85. The summed E-state index contributed by atoms with van der Waals surface area (Å²) in [7, 11) is 3.53. The smallest absolute Gasteiger partial charge is 0.317 e. The third-order valence-corrected chi connectivity index (χ3v) is 5.54. The summed E-state index contributed by atoms with van der Waals surface area (Å²) in [4.78, 5) is 30.8. The summed E-state index contributed by atoms with van der Waals surface area (Å²) >= 11 is 0. The topological polar surface area (TPSA) is 68.4 Å². The minimum atomic E-state index is -0.00761. The van der Waals surface area contributed by atoms with E-state index in [0.29, 0.717) is 17.9 Å². The molecule has 1 aromatic rings. The molecular formula is C18H28N4O2. The number of piperidine rings is 1. The van der Waals surface area contributed by atoms with Gasteiger partial charge in [0.1, 0.15) is 0 Å². The monoisotopic (exact) mass is 332 g/mol. The first-order chi connectivity index (χ1) is 11.5. The van der Waals surface area contributed by atoms with Gasteiger partial charge in [-0.25, -0.2) is 4.79 Å². The number of aromatic nitrogens is 1. The zero-order chi connectivity index (χ0) is 17.2. The van der Waals surface area contributed by atoms with Crippen LogP contribution in [0.25, 0.3) is 0 Å². The van der Waals surface area contributed by atoms with E-state index in [4.69, 9.17) is 0 Å². The fraction of sp³-hybridized carbons (Fsp3) is 0.667.